The first-order chi connectivity index (χ1) is 7.23. The van der Waals surface area contributed by atoms with Gasteiger partial charge in [0, 0.05) is 25.5 Å². The maximum Gasteiger partial charge on any atom is 0.225 e. The van der Waals surface area contributed by atoms with Crippen LogP contribution < -0.4 is 10.6 Å². The van der Waals surface area contributed by atoms with Crippen molar-refractivity contribution in [3.8, 4) is 0 Å². The predicted octanol–water partition coefficient (Wildman–Crippen LogP) is 1.04. The molecular formula is C11H18N4. The first-order valence-electron chi connectivity index (χ1n) is 5.46. The molecular weight excluding hydrogens is 188 g/mol. The minimum atomic E-state index is 0.311. The standard InChI is InChI=1S/C11H18N4/c1-11(9-12)3-7-15(8-4-11)10-13-5-2-6-14-10/h2,5-6H,3-4,7-9,12H2,1H3. The summed E-state index contributed by atoms with van der Waals surface area (Å²) in [7, 11) is 0. The minimum absolute atomic E-state index is 0.311. The Hall–Kier alpha value is -1.16. The number of piperidine rings is 1. The Kier molecular flexibility index (Phi) is 2.86. The molecule has 15 heavy (non-hydrogen) atoms. The summed E-state index contributed by atoms with van der Waals surface area (Å²) in [6.45, 7) is 5.06. The number of hydrogen-bond acceptors (Lipinski definition) is 4. The maximum atomic E-state index is 5.77. The van der Waals surface area contributed by atoms with E-state index in [4.69, 9.17) is 5.73 Å². The van der Waals surface area contributed by atoms with Gasteiger partial charge in [-0.15, -0.1) is 0 Å². The van der Waals surface area contributed by atoms with Gasteiger partial charge in [-0.1, -0.05) is 6.92 Å². The third-order valence-electron chi connectivity index (χ3n) is 3.30. The molecule has 0 spiro atoms. The molecule has 0 radical (unpaired) electrons. The Morgan fingerprint density at radius 1 is 1.33 bits per heavy atom. The SMILES string of the molecule is CC1(CN)CCN(c2ncccn2)CC1. The van der Waals surface area contributed by atoms with Gasteiger partial charge in [-0.3, -0.25) is 0 Å². The molecule has 2 heterocycles. The van der Waals surface area contributed by atoms with Gasteiger partial charge in [0.1, 0.15) is 0 Å². The number of hydrogen-bond donors (Lipinski definition) is 1. The monoisotopic (exact) mass is 206 g/mol. The van der Waals surface area contributed by atoms with Crippen molar-refractivity contribution in [1.29, 1.82) is 0 Å². The summed E-state index contributed by atoms with van der Waals surface area (Å²) in [4.78, 5) is 10.8. The van der Waals surface area contributed by atoms with Crippen molar-refractivity contribution in [3.05, 3.63) is 18.5 Å². The Bertz CT molecular complexity index is 304. The molecule has 2 N–H and O–H groups in total. The Morgan fingerprint density at radius 3 is 2.47 bits per heavy atom. The van der Waals surface area contributed by atoms with Crippen LogP contribution in [0.1, 0.15) is 19.8 Å². The summed E-state index contributed by atoms with van der Waals surface area (Å²) in [5, 5.41) is 0. The lowest BCUT2D eigenvalue weighted by Gasteiger charge is -2.38. The van der Waals surface area contributed by atoms with Gasteiger partial charge in [0.25, 0.3) is 0 Å². The van der Waals surface area contributed by atoms with Gasteiger partial charge in [0.2, 0.25) is 5.95 Å². The van der Waals surface area contributed by atoms with Crippen LogP contribution >= 0.6 is 0 Å². The van der Waals surface area contributed by atoms with E-state index in [2.05, 4.69) is 21.8 Å². The Balaban J connectivity index is 2.00. The van der Waals surface area contributed by atoms with Crippen LogP contribution in [0.25, 0.3) is 0 Å². The highest BCUT2D eigenvalue weighted by atomic mass is 15.2. The fourth-order valence-corrected chi connectivity index (χ4v) is 1.91. The molecule has 0 aromatic carbocycles. The fourth-order valence-electron chi connectivity index (χ4n) is 1.91. The van der Waals surface area contributed by atoms with Gasteiger partial charge in [-0.05, 0) is 30.9 Å². The van der Waals surface area contributed by atoms with Gasteiger partial charge in [-0.2, -0.15) is 0 Å². The zero-order valence-electron chi connectivity index (χ0n) is 9.19. The maximum absolute atomic E-state index is 5.77. The molecule has 2 rings (SSSR count). The van der Waals surface area contributed by atoms with Crippen molar-refractivity contribution < 1.29 is 0 Å². The van der Waals surface area contributed by atoms with E-state index >= 15 is 0 Å². The van der Waals surface area contributed by atoms with E-state index in [0.717, 1.165) is 38.4 Å². The van der Waals surface area contributed by atoms with E-state index in [1.54, 1.807) is 12.4 Å². The average Bonchev–Trinajstić information content (AvgIpc) is 2.31. The minimum Gasteiger partial charge on any atom is -0.341 e. The van der Waals surface area contributed by atoms with Crippen LogP contribution in [0.2, 0.25) is 0 Å². The molecule has 0 aliphatic carbocycles. The number of anilines is 1. The number of aromatic nitrogens is 2. The fraction of sp³-hybridized carbons (Fsp3) is 0.636. The number of rotatable bonds is 2. The van der Waals surface area contributed by atoms with E-state index in [1.165, 1.54) is 0 Å². The summed E-state index contributed by atoms with van der Waals surface area (Å²) in [6.07, 6.45) is 5.83. The smallest absolute Gasteiger partial charge is 0.225 e. The van der Waals surface area contributed by atoms with Gasteiger partial charge in [0.15, 0.2) is 0 Å². The summed E-state index contributed by atoms with van der Waals surface area (Å²) >= 11 is 0. The summed E-state index contributed by atoms with van der Waals surface area (Å²) in [6, 6.07) is 1.84. The van der Waals surface area contributed by atoms with E-state index in [9.17, 15) is 0 Å². The van der Waals surface area contributed by atoms with Gasteiger partial charge in [-0.25, -0.2) is 9.97 Å². The van der Waals surface area contributed by atoms with Crippen molar-refractivity contribution in [2.24, 2.45) is 11.1 Å². The molecule has 1 aliphatic heterocycles. The predicted molar refractivity (Wildman–Crippen MR) is 60.6 cm³/mol. The topological polar surface area (TPSA) is 55.0 Å². The molecule has 0 unspecified atom stereocenters. The second-order valence-corrected chi connectivity index (χ2v) is 4.55. The quantitative estimate of drug-likeness (QED) is 0.785. The molecule has 0 bridgehead atoms. The van der Waals surface area contributed by atoms with Crippen LogP contribution in [0, 0.1) is 5.41 Å². The average molecular weight is 206 g/mol. The lowest BCUT2D eigenvalue weighted by atomic mass is 9.81. The van der Waals surface area contributed by atoms with Crippen LogP contribution in [-0.4, -0.2) is 29.6 Å². The highest BCUT2D eigenvalue weighted by molar-refractivity contribution is 5.29. The molecule has 4 nitrogen and oxygen atoms in total. The molecule has 1 aromatic rings. The van der Waals surface area contributed by atoms with Crippen LogP contribution in [0.3, 0.4) is 0 Å². The van der Waals surface area contributed by atoms with Crippen LogP contribution in [-0.2, 0) is 0 Å². The molecule has 82 valence electrons. The first kappa shape index (κ1) is 10.4. The zero-order valence-corrected chi connectivity index (χ0v) is 9.19. The van der Waals surface area contributed by atoms with Crippen molar-refractivity contribution >= 4 is 5.95 Å². The summed E-state index contributed by atoms with van der Waals surface area (Å²) in [5.74, 6) is 0.844. The second kappa shape index (κ2) is 4.14. The molecule has 1 aromatic heterocycles. The van der Waals surface area contributed by atoms with Crippen LogP contribution in [0.5, 0.6) is 0 Å². The Labute approximate surface area is 90.5 Å². The third kappa shape index (κ3) is 2.26. The van der Waals surface area contributed by atoms with Crippen molar-refractivity contribution in [1.82, 2.24) is 9.97 Å². The summed E-state index contributed by atoms with van der Waals surface area (Å²) < 4.78 is 0. The van der Waals surface area contributed by atoms with E-state index < -0.39 is 0 Å². The number of nitrogens with zero attached hydrogens (tertiary/aromatic N) is 3. The lowest BCUT2D eigenvalue weighted by molar-refractivity contribution is 0.257. The van der Waals surface area contributed by atoms with Crippen molar-refractivity contribution in [2.45, 2.75) is 19.8 Å². The molecule has 0 atom stereocenters. The molecule has 1 fully saturated rings. The molecule has 4 heteroatoms. The lowest BCUT2D eigenvalue weighted by Crippen LogP contribution is -2.42. The molecule has 1 saturated heterocycles. The van der Waals surface area contributed by atoms with Gasteiger partial charge in [0.05, 0.1) is 0 Å². The van der Waals surface area contributed by atoms with Crippen LogP contribution in [0.4, 0.5) is 5.95 Å². The van der Waals surface area contributed by atoms with Gasteiger partial charge >= 0.3 is 0 Å². The summed E-state index contributed by atoms with van der Waals surface area (Å²) in [5.41, 5.74) is 6.08. The third-order valence-corrected chi connectivity index (χ3v) is 3.30. The van der Waals surface area contributed by atoms with E-state index in [1.807, 2.05) is 6.07 Å². The molecule has 0 amide bonds. The highest BCUT2D eigenvalue weighted by Crippen LogP contribution is 2.30. The highest BCUT2D eigenvalue weighted by Gasteiger charge is 2.29. The normalized spacial score (nSPS) is 20.3. The first-order valence-corrected chi connectivity index (χ1v) is 5.46. The van der Waals surface area contributed by atoms with E-state index in [0.29, 0.717) is 5.41 Å². The number of nitrogens with two attached hydrogens (primary N) is 1. The molecule has 1 aliphatic rings. The Morgan fingerprint density at radius 2 is 1.93 bits per heavy atom. The van der Waals surface area contributed by atoms with E-state index in [-0.39, 0.29) is 0 Å². The largest absolute Gasteiger partial charge is 0.341 e. The second-order valence-electron chi connectivity index (χ2n) is 4.55. The van der Waals surface area contributed by atoms with Gasteiger partial charge < -0.3 is 10.6 Å². The van der Waals surface area contributed by atoms with Crippen molar-refractivity contribution in [3.63, 3.8) is 0 Å². The van der Waals surface area contributed by atoms with Crippen molar-refractivity contribution in [2.75, 3.05) is 24.5 Å². The zero-order chi connectivity index (χ0) is 10.7. The molecule has 0 saturated carbocycles. The van der Waals surface area contributed by atoms with Crippen LogP contribution in [0.15, 0.2) is 18.5 Å².